The third-order valence-electron chi connectivity index (χ3n) is 4.90. The number of aromatic nitrogens is 1. The van der Waals surface area contributed by atoms with E-state index in [9.17, 15) is 36.2 Å². The van der Waals surface area contributed by atoms with Crippen molar-refractivity contribution < 1.29 is 36.2 Å². The van der Waals surface area contributed by atoms with E-state index in [2.05, 4.69) is 10.3 Å². The quantitative estimate of drug-likeness (QED) is 0.485. The molecule has 2 N–H and O–H groups in total. The molecule has 0 aliphatic carbocycles. The zero-order chi connectivity index (χ0) is 24.4. The lowest BCUT2D eigenvalue weighted by molar-refractivity contribution is -0.143. The molecule has 0 aliphatic heterocycles. The van der Waals surface area contributed by atoms with Gasteiger partial charge in [0, 0.05) is 12.7 Å². The van der Waals surface area contributed by atoms with Crippen molar-refractivity contribution >= 4 is 5.91 Å². The van der Waals surface area contributed by atoms with Crippen molar-refractivity contribution in [1.29, 1.82) is 0 Å². The van der Waals surface area contributed by atoms with Gasteiger partial charge >= 0.3 is 12.4 Å². The monoisotopic (exact) mass is 468 g/mol. The van der Waals surface area contributed by atoms with Gasteiger partial charge in [0.2, 0.25) is 0 Å². The van der Waals surface area contributed by atoms with Gasteiger partial charge in [0.15, 0.2) is 0 Å². The maximum atomic E-state index is 13.1. The van der Waals surface area contributed by atoms with E-state index in [1.807, 2.05) is 0 Å². The van der Waals surface area contributed by atoms with Crippen LogP contribution in [0.1, 0.15) is 38.3 Å². The minimum Gasteiger partial charge on any atom is -0.390 e. The Balaban J connectivity index is 1.94. The average Bonchev–Trinajstić information content (AvgIpc) is 2.76. The summed E-state index contributed by atoms with van der Waals surface area (Å²) in [5, 5.41) is 11.8. The molecule has 1 amide bonds. The molecule has 0 fully saturated rings. The highest BCUT2D eigenvalue weighted by molar-refractivity contribution is 6.01. The molecule has 0 aliphatic rings. The topological polar surface area (TPSA) is 62.2 Å². The first-order valence-corrected chi connectivity index (χ1v) is 9.62. The number of carbonyl (C=O) groups is 1. The van der Waals surface area contributed by atoms with Gasteiger partial charge in [0.1, 0.15) is 0 Å². The van der Waals surface area contributed by atoms with E-state index < -0.39 is 35.9 Å². The molecule has 33 heavy (non-hydrogen) atoms. The van der Waals surface area contributed by atoms with Crippen molar-refractivity contribution in [3.63, 3.8) is 0 Å². The average molecular weight is 468 g/mol. The molecule has 0 saturated heterocycles. The van der Waals surface area contributed by atoms with Gasteiger partial charge in [-0.2, -0.15) is 26.3 Å². The Morgan fingerprint density at radius 1 is 0.939 bits per heavy atom. The lowest BCUT2D eigenvalue weighted by atomic mass is 9.96. The number of aryl methyl sites for hydroxylation is 1. The summed E-state index contributed by atoms with van der Waals surface area (Å²) in [6, 6.07) is 9.73. The first-order chi connectivity index (χ1) is 15.4. The van der Waals surface area contributed by atoms with Gasteiger partial charge in [-0.05, 0) is 53.4 Å². The number of aliphatic hydroxyl groups excluding tert-OH is 1. The van der Waals surface area contributed by atoms with Crippen molar-refractivity contribution in [3.8, 4) is 11.1 Å². The largest absolute Gasteiger partial charge is 0.416 e. The van der Waals surface area contributed by atoms with Gasteiger partial charge < -0.3 is 10.4 Å². The molecule has 0 spiro atoms. The second-order valence-corrected chi connectivity index (χ2v) is 7.29. The van der Waals surface area contributed by atoms with Crippen LogP contribution in [0.25, 0.3) is 11.1 Å². The number of carbonyl (C=O) groups excluding carboxylic acids is 1. The summed E-state index contributed by atoms with van der Waals surface area (Å²) in [7, 11) is 0. The van der Waals surface area contributed by atoms with Crippen LogP contribution in [0.3, 0.4) is 0 Å². The Hall–Kier alpha value is -3.40. The van der Waals surface area contributed by atoms with Crippen LogP contribution in [0, 0.1) is 6.92 Å². The number of benzene rings is 2. The Bertz CT molecular complexity index is 1140. The molecule has 0 bridgehead atoms. The van der Waals surface area contributed by atoms with Crippen LogP contribution < -0.4 is 5.32 Å². The maximum Gasteiger partial charge on any atom is 0.416 e. The number of amides is 1. The van der Waals surface area contributed by atoms with Crippen LogP contribution in [0.2, 0.25) is 0 Å². The normalized spacial score (nSPS) is 12.0. The predicted octanol–water partition coefficient (Wildman–Crippen LogP) is 5.52. The summed E-state index contributed by atoms with van der Waals surface area (Å²) in [5.41, 5.74) is -1.03. The summed E-state index contributed by atoms with van der Waals surface area (Å²) >= 11 is 0. The number of hydrogen-bond donors (Lipinski definition) is 2. The summed E-state index contributed by atoms with van der Waals surface area (Å²) in [5.74, 6) is -0.740. The van der Waals surface area contributed by atoms with Crippen LogP contribution in [0.5, 0.6) is 0 Å². The summed E-state index contributed by atoms with van der Waals surface area (Å²) < 4.78 is 78.4. The molecule has 0 atom stereocenters. The predicted molar refractivity (Wildman–Crippen MR) is 108 cm³/mol. The van der Waals surface area contributed by atoms with Crippen LogP contribution in [-0.2, 0) is 25.5 Å². The molecule has 0 unspecified atom stereocenters. The minimum atomic E-state index is -4.98. The molecule has 174 valence electrons. The number of nitrogens with one attached hydrogen (secondary N) is 1. The van der Waals surface area contributed by atoms with Gasteiger partial charge in [-0.3, -0.25) is 9.78 Å². The number of nitrogens with zero attached hydrogens (tertiary/aromatic N) is 1. The number of halogens is 6. The van der Waals surface area contributed by atoms with E-state index in [-0.39, 0.29) is 29.5 Å². The number of alkyl halides is 6. The van der Waals surface area contributed by atoms with Gasteiger partial charge in [-0.15, -0.1) is 0 Å². The lowest BCUT2D eigenvalue weighted by Gasteiger charge is -2.16. The molecule has 2 aromatic carbocycles. The third-order valence-corrected chi connectivity index (χ3v) is 4.90. The summed E-state index contributed by atoms with van der Waals surface area (Å²) in [6.45, 7) is 0.851. The molecule has 0 saturated carbocycles. The van der Waals surface area contributed by atoms with Crippen LogP contribution in [0.4, 0.5) is 26.3 Å². The smallest absolute Gasteiger partial charge is 0.390 e. The van der Waals surface area contributed by atoms with Gasteiger partial charge in [0.25, 0.3) is 5.91 Å². The fourth-order valence-corrected chi connectivity index (χ4v) is 3.26. The number of hydrogen-bond acceptors (Lipinski definition) is 3. The van der Waals surface area contributed by atoms with Crippen LogP contribution >= 0.6 is 0 Å². The molecule has 1 aromatic heterocycles. The Kier molecular flexibility index (Phi) is 6.78. The minimum absolute atomic E-state index is 0.0269. The fourth-order valence-electron chi connectivity index (χ4n) is 3.26. The number of rotatable bonds is 5. The Labute approximate surface area is 184 Å². The lowest BCUT2D eigenvalue weighted by Crippen LogP contribution is -2.24. The Morgan fingerprint density at radius 2 is 1.55 bits per heavy atom. The van der Waals surface area contributed by atoms with E-state index in [4.69, 9.17) is 0 Å². The number of aliphatic hydroxyl groups is 1. The summed E-state index contributed by atoms with van der Waals surface area (Å²) in [4.78, 5) is 16.8. The van der Waals surface area contributed by atoms with Crippen LogP contribution in [-0.4, -0.2) is 16.0 Å². The second-order valence-electron chi connectivity index (χ2n) is 7.29. The molecular weight excluding hydrogens is 450 g/mol. The molecule has 3 rings (SSSR count). The zero-order valence-electron chi connectivity index (χ0n) is 17.2. The zero-order valence-corrected chi connectivity index (χ0v) is 17.2. The fraction of sp³-hybridized carbons (Fsp3) is 0.217. The highest BCUT2D eigenvalue weighted by Gasteiger charge is 2.36. The third kappa shape index (κ3) is 5.70. The summed E-state index contributed by atoms with van der Waals surface area (Å²) in [6.07, 6.45) is -8.76. The van der Waals surface area contributed by atoms with E-state index >= 15 is 0 Å². The van der Waals surface area contributed by atoms with Gasteiger partial charge in [-0.1, -0.05) is 24.3 Å². The first kappa shape index (κ1) is 24.2. The standard InChI is InChI=1S/C23H18F6N2O2/c1-13-4-2-3-5-18(13)19-9-17(12-32)30-11-20(19)21(33)31-10-14-6-15(22(24,25)26)8-16(7-14)23(27,28)29/h2-9,11,32H,10,12H2,1H3,(H,31,33). The van der Waals surface area contributed by atoms with Gasteiger partial charge in [0.05, 0.1) is 29.0 Å². The highest BCUT2D eigenvalue weighted by Crippen LogP contribution is 2.36. The van der Waals surface area contributed by atoms with Crippen molar-refractivity contribution in [2.24, 2.45) is 0 Å². The SMILES string of the molecule is Cc1ccccc1-c1cc(CO)ncc1C(=O)NCc1cc(C(F)(F)F)cc(C(F)(F)F)c1. The molecule has 0 radical (unpaired) electrons. The Morgan fingerprint density at radius 3 is 2.09 bits per heavy atom. The van der Waals surface area contributed by atoms with E-state index in [1.165, 1.54) is 12.3 Å². The first-order valence-electron chi connectivity index (χ1n) is 9.62. The maximum absolute atomic E-state index is 13.1. The highest BCUT2D eigenvalue weighted by atomic mass is 19.4. The van der Waals surface area contributed by atoms with Crippen molar-refractivity contribution in [2.45, 2.75) is 32.4 Å². The molecule has 3 aromatic rings. The molecule has 1 heterocycles. The molecule has 10 heteroatoms. The van der Waals surface area contributed by atoms with Crippen molar-refractivity contribution in [1.82, 2.24) is 10.3 Å². The van der Waals surface area contributed by atoms with Crippen LogP contribution in [0.15, 0.2) is 54.7 Å². The second kappa shape index (κ2) is 9.22. The van der Waals surface area contributed by atoms with Gasteiger partial charge in [-0.25, -0.2) is 0 Å². The molecular formula is C23H18F6N2O2. The van der Waals surface area contributed by atoms with E-state index in [0.29, 0.717) is 23.3 Å². The molecule has 4 nitrogen and oxygen atoms in total. The number of pyridine rings is 1. The van der Waals surface area contributed by atoms with E-state index in [1.54, 1.807) is 31.2 Å². The van der Waals surface area contributed by atoms with Crippen molar-refractivity contribution in [2.75, 3.05) is 0 Å². The van der Waals surface area contributed by atoms with E-state index in [0.717, 1.165) is 5.56 Å². The van der Waals surface area contributed by atoms with Crippen molar-refractivity contribution in [3.05, 3.63) is 88.2 Å².